The first-order valence-electron chi connectivity index (χ1n) is 7.13. The third-order valence-electron chi connectivity index (χ3n) is 3.79. The van der Waals surface area contributed by atoms with E-state index in [4.69, 9.17) is 11.6 Å². The zero-order valence-electron chi connectivity index (χ0n) is 11.2. The second-order valence-electron chi connectivity index (χ2n) is 5.34. The molecule has 1 aromatic rings. The van der Waals surface area contributed by atoms with E-state index in [1.807, 2.05) is 0 Å². The molecule has 0 bridgehead atoms. The minimum Gasteiger partial charge on any atom is -0.309 e. The molecule has 102 valence electrons. The van der Waals surface area contributed by atoms with Crippen LogP contribution in [0.25, 0.3) is 0 Å². The fourth-order valence-corrected chi connectivity index (χ4v) is 2.89. The van der Waals surface area contributed by atoms with Crippen LogP contribution in [0.5, 0.6) is 0 Å². The second-order valence-corrected chi connectivity index (χ2v) is 5.72. The standard InChI is InChI=1S/C14H24ClN3/c1-12(7-9-15)16-11-13-8-10-18(17-13)14-5-3-2-4-6-14/h8,10,12,14,16H,2-7,9,11H2,1H3. The normalized spacial score (nSPS) is 19.0. The summed E-state index contributed by atoms with van der Waals surface area (Å²) in [6, 6.07) is 3.23. The molecule has 0 aliphatic heterocycles. The summed E-state index contributed by atoms with van der Waals surface area (Å²) in [4.78, 5) is 0. The van der Waals surface area contributed by atoms with Gasteiger partial charge in [0.1, 0.15) is 0 Å². The van der Waals surface area contributed by atoms with E-state index in [1.54, 1.807) is 0 Å². The molecule has 1 N–H and O–H groups in total. The summed E-state index contributed by atoms with van der Waals surface area (Å²) < 4.78 is 2.17. The Hall–Kier alpha value is -0.540. The molecule has 0 amide bonds. The predicted molar refractivity (Wildman–Crippen MR) is 76.0 cm³/mol. The summed E-state index contributed by atoms with van der Waals surface area (Å²) >= 11 is 5.72. The van der Waals surface area contributed by atoms with E-state index in [0.717, 1.165) is 18.7 Å². The molecule has 18 heavy (non-hydrogen) atoms. The average molecular weight is 270 g/mol. The molecular weight excluding hydrogens is 246 g/mol. The summed E-state index contributed by atoms with van der Waals surface area (Å²) in [7, 11) is 0. The maximum atomic E-state index is 5.72. The molecule has 0 spiro atoms. The van der Waals surface area contributed by atoms with Gasteiger partial charge in [-0.1, -0.05) is 19.3 Å². The fraction of sp³-hybridized carbons (Fsp3) is 0.786. The highest BCUT2D eigenvalue weighted by Gasteiger charge is 2.15. The topological polar surface area (TPSA) is 29.9 Å². The third-order valence-corrected chi connectivity index (χ3v) is 4.00. The van der Waals surface area contributed by atoms with Gasteiger partial charge in [0.15, 0.2) is 0 Å². The average Bonchev–Trinajstić information content (AvgIpc) is 2.87. The van der Waals surface area contributed by atoms with Gasteiger partial charge in [0, 0.05) is 24.7 Å². The summed E-state index contributed by atoms with van der Waals surface area (Å²) in [6.07, 6.45) is 9.82. The van der Waals surface area contributed by atoms with E-state index in [2.05, 4.69) is 34.3 Å². The smallest absolute Gasteiger partial charge is 0.0762 e. The highest BCUT2D eigenvalue weighted by Crippen LogP contribution is 2.27. The van der Waals surface area contributed by atoms with E-state index < -0.39 is 0 Å². The number of halogens is 1. The lowest BCUT2D eigenvalue weighted by Gasteiger charge is -2.21. The van der Waals surface area contributed by atoms with Crippen LogP contribution in [0.1, 0.15) is 57.2 Å². The van der Waals surface area contributed by atoms with Crippen molar-refractivity contribution in [2.24, 2.45) is 0 Å². The van der Waals surface area contributed by atoms with Gasteiger partial charge in [-0.25, -0.2) is 0 Å². The highest BCUT2D eigenvalue weighted by molar-refractivity contribution is 6.17. The monoisotopic (exact) mass is 269 g/mol. The first kappa shape index (κ1) is 13.9. The van der Waals surface area contributed by atoms with Gasteiger partial charge in [-0.15, -0.1) is 11.6 Å². The van der Waals surface area contributed by atoms with Crippen LogP contribution in [0.2, 0.25) is 0 Å². The van der Waals surface area contributed by atoms with Crippen molar-refractivity contribution in [3.8, 4) is 0 Å². The lowest BCUT2D eigenvalue weighted by atomic mass is 9.96. The fourth-order valence-electron chi connectivity index (χ4n) is 2.57. The Bertz CT molecular complexity index is 345. The summed E-state index contributed by atoms with van der Waals surface area (Å²) in [5, 5.41) is 8.14. The van der Waals surface area contributed by atoms with Crippen molar-refractivity contribution in [3.63, 3.8) is 0 Å². The van der Waals surface area contributed by atoms with Gasteiger partial charge in [0.05, 0.1) is 11.7 Å². The van der Waals surface area contributed by atoms with Gasteiger partial charge in [0.25, 0.3) is 0 Å². The molecule has 1 heterocycles. The van der Waals surface area contributed by atoms with Crippen LogP contribution in [-0.2, 0) is 6.54 Å². The molecule has 0 aromatic carbocycles. The molecule has 4 heteroatoms. The molecule has 0 radical (unpaired) electrons. The van der Waals surface area contributed by atoms with E-state index >= 15 is 0 Å². The highest BCUT2D eigenvalue weighted by atomic mass is 35.5. The van der Waals surface area contributed by atoms with E-state index in [-0.39, 0.29) is 0 Å². The minimum atomic E-state index is 0.460. The first-order chi connectivity index (χ1) is 8.79. The van der Waals surface area contributed by atoms with E-state index in [1.165, 1.54) is 32.1 Å². The zero-order chi connectivity index (χ0) is 12.8. The van der Waals surface area contributed by atoms with E-state index in [9.17, 15) is 0 Å². The molecule has 1 saturated carbocycles. The Morgan fingerprint density at radius 3 is 2.94 bits per heavy atom. The quantitative estimate of drug-likeness (QED) is 0.801. The molecule has 3 nitrogen and oxygen atoms in total. The molecule has 2 rings (SSSR count). The molecular formula is C14H24ClN3. The Balaban J connectivity index is 1.82. The van der Waals surface area contributed by atoms with Crippen LogP contribution in [0, 0.1) is 0 Å². The van der Waals surface area contributed by atoms with Crippen LogP contribution >= 0.6 is 11.6 Å². The zero-order valence-corrected chi connectivity index (χ0v) is 12.0. The van der Waals surface area contributed by atoms with Crippen molar-refractivity contribution in [2.75, 3.05) is 5.88 Å². The molecule has 1 aromatic heterocycles. The van der Waals surface area contributed by atoms with Gasteiger partial charge >= 0.3 is 0 Å². The lowest BCUT2D eigenvalue weighted by Crippen LogP contribution is -2.26. The van der Waals surface area contributed by atoms with Gasteiger partial charge in [-0.2, -0.15) is 5.10 Å². The number of nitrogens with zero attached hydrogens (tertiary/aromatic N) is 2. The molecule has 1 aliphatic carbocycles. The molecule has 1 fully saturated rings. The third kappa shape index (κ3) is 3.99. The van der Waals surface area contributed by atoms with Crippen molar-refractivity contribution >= 4 is 11.6 Å². The van der Waals surface area contributed by atoms with Crippen LogP contribution in [-0.4, -0.2) is 21.7 Å². The summed E-state index contributed by atoms with van der Waals surface area (Å²) in [5.74, 6) is 0.713. The van der Waals surface area contributed by atoms with Gasteiger partial charge in [0.2, 0.25) is 0 Å². The van der Waals surface area contributed by atoms with Crippen LogP contribution in [0.4, 0.5) is 0 Å². The maximum Gasteiger partial charge on any atom is 0.0762 e. The van der Waals surface area contributed by atoms with Crippen molar-refractivity contribution in [3.05, 3.63) is 18.0 Å². The number of alkyl halides is 1. The summed E-state index contributed by atoms with van der Waals surface area (Å²) in [6.45, 7) is 3.01. The Labute approximate surface area is 115 Å². The number of aromatic nitrogens is 2. The second kappa shape index (κ2) is 7.15. The van der Waals surface area contributed by atoms with Crippen molar-refractivity contribution in [2.45, 2.75) is 64.1 Å². The lowest BCUT2D eigenvalue weighted by molar-refractivity contribution is 0.327. The van der Waals surface area contributed by atoms with Crippen molar-refractivity contribution < 1.29 is 0 Å². The predicted octanol–water partition coefficient (Wildman–Crippen LogP) is 3.50. The molecule has 1 atom stereocenters. The van der Waals surface area contributed by atoms with Crippen molar-refractivity contribution in [1.29, 1.82) is 0 Å². The van der Waals surface area contributed by atoms with Crippen LogP contribution in [0.3, 0.4) is 0 Å². The van der Waals surface area contributed by atoms with Gasteiger partial charge < -0.3 is 5.32 Å². The Morgan fingerprint density at radius 2 is 2.22 bits per heavy atom. The number of nitrogens with one attached hydrogen (secondary N) is 1. The van der Waals surface area contributed by atoms with Crippen molar-refractivity contribution in [1.82, 2.24) is 15.1 Å². The molecule has 1 unspecified atom stereocenters. The maximum absolute atomic E-state index is 5.72. The van der Waals surface area contributed by atoms with Gasteiger partial charge in [-0.3, -0.25) is 4.68 Å². The summed E-state index contributed by atoms with van der Waals surface area (Å²) in [5.41, 5.74) is 1.14. The largest absolute Gasteiger partial charge is 0.309 e. The van der Waals surface area contributed by atoms with Crippen LogP contribution in [0.15, 0.2) is 12.3 Å². The SMILES string of the molecule is CC(CCCl)NCc1ccn(C2CCCCC2)n1. The number of hydrogen-bond donors (Lipinski definition) is 1. The minimum absolute atomic E-state index is 0.460. The Kier molecular flexibility index (Phi) is 5.51. The van der Waals surface area contributed by atoms with Crippen LogP contribution < -0.4 is 5.32 Å². The molecule has 0 saturated heterocycles. The Morgan fingerprint density at radius 1 is 1.44 bits per heavy atom. The molecule has 1 aliphatic rings. The van der Waals surface area contributed by atoms with Gasteiger partial charge in [-0.05, 0) is 32.3 Å². The number of rotatable bonds is 6. The van der Waals surface area contributed by atoms with E-state index in [0.29, 0.717) is 18.0 Å². The number of hydrogen-bond acceptors (Lipinski definition) is 2. The first-order valence-corrected chi connectivity index (χ1v) is 7.66.